The molecule has 0 saturated carbocycles. The first kappa shape index (κ1) is 36.4. The van der Waals surface area contributed by atoms with E-state index < -0.39 is 101 Å². The van der Waals surface area contributed by atoms with Gasteiger partial charge < -0.3 is 60.2 Å². The van der Waals surface area contributed by atoms with Gasteiger partial charge in [0.05, 0.1) is 0 Å². The number of carbonyl (C=O) groups is 4. The van der Waals surface area contributed by atoms with Crippen molar-refractivity contribution >= 4 is 23.9 Å². The predicted octanol–water partition coefficient (Wildman–Crippen LogP) is 3.25. The van der Waals surface area contributed by atoms with Crippen LogP contribution in [0.4, 0.5) is 0 Å². The quantitative estimate of drug-likeness (QED) is 0.0708. The van der Waals surface area contributed by atoms with Crippen LogP contribution in [0.3, 0.4) is 0 Å². The maximum atomic E-state index is 14.0. The summed E-state index contributed by atoms with van der Waals surface area (Å²) in [6, 6.07) is 13.2. The molecule has 4 atom stereocenters. The van der Waals surface area contributed by atoms with E-state index in [1.54, 1.807) is 0 Å². The first-order valence-corrected chi connectivity index (χ1v) is 15.5. The summed E-state index contributed by atoms with van der Waals surface area (Å²) < 4.78 is 16.6. The van der Waals surface area contributed by atoms with Gasteiger partial charge in [0.1, 0.15) is 12.0 Å². The maximum absolute atomic E-state index is 14.0. The fraction of sp³-hybridized carbons (Fsp3) is 0.222. The summed E-state index contributed by atoms with van der Waals surface area (Å²) in [5, 5.41) is 89.2. The van der Waals surface area contributed by atoms with Crippen molar-refractivity contribution in [2.24, 2.45) is 0 Å². The summed E-state index contributed by atoms with van der Waals surface area (Å²) >= 11 is 0. The minimum atomic E-state index is -1.83. The van der Waals surface area contributed by atoms with Gasteiger partial charge in [-0.15, -0.1) is 0 Å². The Bertz CT molecular complexity index is 2040. The second-order valence-corrected chi connectivity index (χ2v) is 11.9. The fourth-order valence-corrected chi connectivity index (χ4v) is 5.72. The lowest BCUT2D eigenvalue weighted by Gasteiger charge is -2.22. The van der Waals surface area contributed by atoms with Crippen LogP contribution in [0.5, 0.6) is 46.0 Å². The minimum absolute atomic E-state index is 0.00358. The summed E-state index contributed by atoms with van der Waals surface area (Å²) in [6.45, 7) is 0. The average Bonchev–Trinajstić information content (AvgIpc) is 3.50. The zero-order valence-electron chi connectivity index (χ0n) is 26.9. The van der Waals surface area contributed by atoms with E-state index in [0.29, 0.717) is 0 Å². The molecule has 0 fully saturated rings. The number of phenols is 7. The number of rotatable bonds is 13. The summed E-state index contributed by atoms with van der Waals surface area (Å²) in [5.74, 6) is -10.4. The number of benzene rings is 4. The van der Waals surface area contributed by atoms with Gasteiger partial charge in [0.15, 0.2) is 46.0 Å². The third-order valence-electron chi connectivity index (χ3n) is 8.31. The number of carboxylic acids is 2. The summed E-state index contributed by atoms with van der Waals surface area (Å²) in [6.07, 6.45) is -6.30. The molecule has 0 bridgehead atoms. The third-order valence-corrected chi connectivity index (χ3v) is 8.31. The van der Waals surface area contributed by atoms with Crippen molar-refractivity contribution in [1.29, 1.82) is 0 Å². The lowest BCUT2D eigenvalue weighted by Crippen LogP contribution is -2.33. The zero-order chi connectivity index (χ0) is 37.9. The van der Waals surface area contributed by atoms with Gasteiger partial charge in [0.2, 0.25) is 12.2 Å². The SMILES string of the molecule is O=C(CCc1ccc(O)c2c1[C@H](C(=O)O[C@@H](Cc1ccc(O)c(O)c1)C(=O)O)[C@@H](c1ccc(O)c(O)c1)O2)O[C@H](Cc1ccc(O)c(O)c1)C(=O)O. The molecular weight excluding hydrogens is 688 g/mol. The van der Waals surface area contributed by atoms with Gasteiger partial charge in [0, 0.05) is 24.8 Å². The number of phenolic OH excluding ortho intramolecular Hbond substituents is 7. The molecule has 16 nitrogen and oxygen atoms in total. The fourth-order valence-electron chi connectivity index (χ4n) is 5.72. The molecule has 9 N–H and O–H groups in total. The van der Waals surface area contributed by atoms with E-state index >= 15 is 0 Å². The molecule has 1 aliphatic heterocycles. The molecule has 0 aliphatic carbocycles. The van der Waals surface area contributed by atoms with Crippen molar-refractivity contribution in [3.05, 3.63) is 94.5 Å². The molecule has 0 radical (unpaired) electrons. The Morgan fingerprint density at radius 2 is 1.12 bits per heavy atom. The largest absolute Gasteiger partial charge is 0.504 e. The van der Waals surface area contributed by atoms with Crippen LogP contribution >= 0.6 is 0 Å². The highest BCUT2D eigenvalue weighted by atomic mass is 16.6. The van der Waals surface area contributed by atoms with Crippen LogP contribution in [-0.2, 0) is 47.9 Å². The molecule has 52 heavy (non-hydrogen) atoms. The van der Waals surface area contributed by atoms with Gasteiger partial charge in [-0.25, -0.2) is 9.59 Å². The number of hydrogen-bond donors (Lipinski definition) is 9. The number of fused-ring (bicyclic) bond motifs is 1. The number of aliphatic carboxylic acids is 2. The Morgan fingerprint density at radius 3 is 1.63 bits per heavy atom. The highest BCUT2D eigenvalue weighted by Crippen LogP contribution is 2.53. The van der Waals surface area contributed by atoms with Gasteiger partial charge in [-0.2, -0.15) is 0 Å². The second-order valence-electron chi connectivity index (χ2n) is 11.9. The Hall–Kier alpha value is -6.84. The molecule has 0 aromatic heterocycles. The van der Waals surface area contributed by atoms with Crippen LogP contribution in [0.25, 0.3) is 0 Å². The number of hydrogen-bond acceptors (Lipinski definition) is 14. The number of carbonyl (C=O) groups excluding carboxylic acids is 2. The number of ether oxygens (including phenoxy) is 3. The number of aromatic hydroxyl groups is 7. The Labute approximate surface area is 293 Å². The lowest BCUT2D eigenvalue weighted by molar-refractivity contribution is -0.166. The molecule has 4 aromatic rings. The van der Waals surface area contributed by atoms with Crippen LogP contribution in [0.2, 0.25) is 0 Å². The maximum Gasteiger partial charge on any atom is 0.345 e. The molecule has 0 spiro atoms. The monoisotopic (exact) mass is 720 g/mol. The van der Waals surface area contributed by atoms with E-state index in [9.17, 15) is 65.1 Å². The van der Waals surface area contributed by atoms with Gasteiger partial charge in [-0.3, -0.25) is 9.59 Å². The highest BCUT2D eigenvalue weighted by molar-refractivity contribution is 5.86. The Kier molecular flexibility index (Phi) is 10.5. The second kappa shape index (κ2) is 15.0. The number of carboxylic acid groups (broad SMARTS) is 2. The average molecular weight is 721 g/mol. The van der Waals surface area contributed by atoms with E-state index in [1.807, 2.05) is 0 Å². The first-order chi connectivity index (χ1) is 24.6. The van der Waals surface area contributed by atoms with Crippen molar-refractivity contribution in [3.8, 4) is 46.0 Å². The van der Waals surface area contributed by atoms with Crippen LogP contribution in [0.1, 0.15) is 46.3 Å². The number of aryl methyl sites for hydroxylation is 1. The van der Waals surface area contributed by atoms with E-state index in [1.165, 1.54) is 30.3 Å². The van der Waals surface area contributed by atoms with Gasteiger partial charge >= 0.3 is 23.9 Å². The lowest BCUT2D eigenvalue weighted by atomic mass is 9.86. The van der Waals surface area contributed by atoms with Gasteiger partial charge in [0.25, 0.3) is 0 Å². The van der Waals surface area contributed by atoms with Gasteiger partial charge in [-0.1, -0.05) is 24.3 Å². The Morgan fingerprint density at radius 1 is 0.615 bits per heavy atom. The third kappa shape index (κ3) is 7.96. The van der Waals surface area contributed by atoms with E-state index in [0.717, 1.165) is 36.4 Å². The molecular formula is C36H32O16. The van der Waals surface area contributed by atoms with Gasteiger partial charge in [-0.05, 0) is 71.1 Å². The molecule has 1 heterocycles. The topological polar surface area (TPSA) is 278 Å². The van der Waals surface area contributed by atoms with E-state index in [2.05, 4.69) is 0 Å². The molecule has 4 aromatic carbocycles. The predicted molar refractivity (Wildman–Crippen MR) is 174 cm³/mol. The van der Waals surface area contributed by atoms with Crippen molar-refractivity contribution in [3.63, 3.8) is 0 Å². The highest BCUT2D eigenvalue weighted by Gasteiger charge is 2.46. The number of esters is 2. The van der Waals surface area contributed by atoms with Crippen LogP contribution in [0, 0.1) is 0 Å². The smallest absolute Gasteiger partial charge is 0.345 e. The Balaban J connectivity index is 1.43. The van der Waals surface area contributed by atoms with Crippen molar-refractivity contribution < 1.29 is 79.3 Å². The molecule has 1 aliphatic rings. The van der Waals surface area contributed by atoms with Crippen molar-refractivity contribution in [1.82, 2.24) is 0 Å². The molecule has 0 amide bonds. The summed E-state index contributed by atoms with van der Waals surface area (Å²) in [4.78, 5) is 51.0. The minimum Gasteiger partial charge on any atom is -0.504 e. The summed E-state index contributed by atoms with van der Waals surface area (Å²) in [7, 11) is 0. The van der Waals surface area contributed by atoms with Crippen molar-refractivity contribution in [2.75, 3.05) is 0 Å². The zero-order valence-corrected chi connectivity index (χ0v) is 26.9. The molecule has 5 rings (SSSR count). The first-order valence-electron chi connectivity index (χ1n) is 15.5. The van der Waals surface area contributed by atoms with E-state index in [-0.39, 0.29) is 46.4 Å². The molecule has 0 unspecified atom stereocenters. The molecule has 272 valence electrons. The van der Waals surface area contributed by atoms with Crippen LogP contribution in [-0.4, -0.2) is 82.0 Å². The van der Waals surface area contributed by atoms with Crippen LogP contribution < -0.4 is 4.74 Å². The van der Waals surface area contributed by atoms with E-state index in [4.69, 9.17) is 14.2 Å². The van der Waals surface area contributed by atoms with Crippen molar-refractivity contribution in [2.45, 2.75) is 49.9 Å². The molecule has 0 saturated heterocycles. The normalized spacial score (nSPS) is 15.8. The van der Waals surface area contributed by atoms with Crippen LogP contribution in [0.15, 0.2) is 66.7 Å². The molecule has 16 heteroatoms. The summed E-state index contributed by atoms with van der Waals surface area (Å²) in [5.41, 5.74) is 0.771. The standard InChI is InChI=1S/C36H32O16/c37-20-6-1-16(11-24(20)41)13-27(34(45)46)50-29(44)10-5-18-3-9-23(40)33-30(18)31(32(52-33)19-4-8-22(39)26(43)15-19)36(49)51-28(35(47)48)14-17-2-7-21(38)25(42)12-17/h1-4,6-9,11-12,15,27-28,31-32,37-43H,5,10,13-14H2,(H,45,46)(H,47,48)/t27-,28+,31+,32-/m1/s1.